The first-order valence-corrected chi connectivity index (χ1v) is 5.97. The van der Waals surface area contributed by atoms with E-state index in [9.17, 15) is 0 Å². The van der Waals surface area contributed by atoms with Crippen molar-refractivity contribution in [2.24, 2.45) is 5.92 Å². The van der Waals surface area contributed by atoms with Gasteiger partial charge in [0.15, 0.2) is 5.82 Å². The average Bonchev–Trinajstić information content (AvgIpc) is 2.79. The minimum atomic E-state index is 0.626. The Balaban J connectivity index is 1.86. The van der Waals surface area contributed by atoms with Gasteiger partial charge in [-0.05, 0) is 5.92 Å². The Morgan fingerprint density at radius 3 is 3.19 bits per heavy atom. The van der Waals surface area contributed by atoms with E-state index < -0.39 is 0 Å². The summed E-state index contributed by atoms with van der Waals surface area (Å²) in [6.07, 6.45) is 2.27. The zero-order chi connectivity index (χ0) is 11.4. The van der Waals surface area contributed by atoms with Gasteiger partial charge in [-0.2, -0.15) is 4.98 Å². The van der Waals surface area contributed by atoms with Gasteiger partial charge in [0.2, 0.25) is 6.39 Å². The molecule has 2 rings (SSSR count). The SMILES string of the molecule is CC(C)C1CNCCN1CCc1ncon1. The Morgan fingerprint density at radius 2 is 2.50 bits per heavy atom. The molecule has 2 heterocycles. The van der Waals surface area contributed by atoms with Gasteiger partial charge >= 0.3 is 0 Å². The lowest BCUT2D eigenvalue weighted by Crippen LogP contribution is -2.54. The lowest BCUT2D eigenvalue weighted by molar-refractivity contribution is 0.125. The van der Waals surface area contributed by atoms with Crippen molar-refractivity contribution in [3.05, 3.63) is 12.2 Å². The van der Waals surface area contributed by atoms with E-state index in [2.05, 4.69) is 34.2 Å². The van der Waals surface area contributed by atoms with Crippen molar-refractivity contribution < 1.29 is 4.52 Å². The lowest BCUT2D eigenvalue weighted by atomic mass is 10.0. The van der Waals surface area contributed by atoms with E-state index in [1.54, 1.807) is 0 Å². The van der Waals surface area contributed by atoms with Gasteiger partial charge in [0.05, 0.1) is 0 Å². The fourth-order valence-electron chi connectivity index (χ4n) is 2.25. The summed E-state index contributed by atoms with van der Waals surface area (Å²) in [4.78, 5) is 6.58. The Kier molecular flexibility index (Phi) is 3.90. The number of nitrogens with zero attached hydrogens (tertiary/aromatic N) is 3. The summed E-state index contributed by atoms with van der Waals surface area (Å²) in [5.41, 5.74) is 0. The van der Waals surface area contributed by atoms with Crippen LogP contribution in [0, 0.1) is 5.92 Å². The molecule has 5 nitrogen and oxygen atoms in total. The minimum Gasteiger partial charge on any atom is -0.343 e. The van der Waals surface area contributed by atoms with E-state index in [0.717, 1.165) is 38.4 Å². The first kappa shape index (κ1) is 11.5. The smallest absolute Gasteiger partial charge is 0.213 e. The van der Waals surface area contributed by atoms with Crippen LogP contribution >= 0.6 is 0 Å². The van der Waals surface area contributed by atoms with Crippen molar-refractivity contribution >= 4 is 0 Å². The van der Waals surface area contributed by atoms with Crippen LogP contribution in [0.1, 0.15) is 19.7 Å². The fraction of sp³-hybridized carbons (Fsp3) is 0.818. The molecule has 1 atom stereocenters. The zero-order valence-electron chi connectivity index (χ0n) is 10.0. The van der Waals surface area contributed by atoms with E-state index in [-0.39, 0.29) is 0 Å². The molecule has 0 aromatic carbocycles. The molecule has 1 fully saturated rings. The van der Waals surface area contributed by atoms with E-state index in [1.165, 1.54) is 6.39 Å². The van der Waals surface area contributed by atoms with Crippen molar-refractivity contribution in [1.82, 2.24) is 20.4 Å². The van der Waals surface area contributed by atoms with Crippen LogP contribution in [-0.2, 0) is 6.42 Å². The first-order valence-electron chi connectivity index (χ1n) is 5.97. The van der Waals surface area contributed by atoms with Crippen LogP contribution in [-0.4, -0.2) is 47.3 Å². The second kappa shape index (κ2) is 5.41. The second-order valence-electron chi connectivity index (χ2n) is 4.65. The van der Waals surface area contributed by atoms with Gasteiger partial charge in [0.25, 0.3) is 0 Å². The van der Waals surface area contributed by atoms with E-state index in [4.69, 9.17) is 4.52 Å². The van der Waals surface area contributed by atoms with Crippen LogP contribution in [0.25, 0.3) is 0 Å². The predicted octanol–water partition coefficient (Wildman–Crippen LogP) is 0.542. The molecule has 1 aliphatic heterocycles. The van der Waals surface area contributed by atoms with Crippen LogP contribution in [0.5, 0.6) is 0 Å². The predicted molar refractivity (Wildman–Crippen MR) is 61.1 cm³/mol. The molecule has 0 saturated carbocycles. The van der Waals surface area contributed by atoms with E-state index >= 15 is 0 Å². The zero-order valence-corrected chi connectivity index (χ0v) is 10.0. The van der Waals surface area contributed by atoms with Crippen molar-refractivity contribution in [3.63, 3.8) is 0 Å². The first-order chi connectivity index (χ1) is 7.77. The van der Waals surface area contributed by atoms with Crippen molar-refractivity contribution in [2.75, 3.05) is 26.2 Å². The Labute approximate surface area is 96.2 Å². The normalized spacial score (nSPS) is 22.8. The van der Waals surface area contributed by atoms with Gasteiger partial charge in [0, 0.05) is 38.6 Å². The minimum absolute atomic E-state index is 0.626. The summed E-state index contributed by atoms with van der Waals surface area (Å²) in [6.45, 7) is 8.85. The van der Waals surface area contributed by atoms with E-state index in [1.807, 2.05) is 0 Å². The molecule has 0 bridgehead atoms. The highest BCUT2D eigenvalue weighted by molar-refractivity contribution is 4.86. The molecule has 1 N–H and O–H groups in total. The third-order valence-electron chi connectivity index (χ3n) is 3.20. The molecule has 5 heteroatoms. The molecule has 0 spiro atoms. The van der Waals surface area contributed by atoms with Gasteiger partial charge in [-0.15, -0.1) is 0 Å². The maximum Gasteiger partial charge on any atom is 0.213 e. The number of aromatic nitrogens is 2. The Hall–Kier alpha value is -0.940. The monoisotopic (exact) mass is 224 g/mol. The molecule has 1 saturated heterocycles. The highest BCUT2D eigenvalue weighted by Gasteiger charge is 2.24. The number of nitrogens with one attached hydrogen (secondary N) is 1. The van der Waals surface area contributed by atoms with E-state index in [0.29, 0.717) is 12.0 Å². The number of hydrogen-bond acceptors (Lipinski definition) is 5. The second-order valence-corrected chi connectivity index (χ2v) is 4.65. The molecule has 0 aliphatic carbocycles. The summed E-state index contributed by atoms with van der Waals surface area (Å²) in [5, 5.41) is 7.29. The molecule has 0 amide bonds. The summed E-state index contributed by atoms with van der Waals surface area (Å²) >= 11 is 0. The number of rotatable bonds is 4. The molecule has 0 radical (unpaired) electrons. The Bertz CT molecular complexity index is 299. The van der Waals surface area contributed by atoms with Gasteiger partial charge in [-0.25, -0.2) is 0 Å². The van der Waals surface area contributed by atoms with Gasteiger partial charge in [-0.1, -0.05) is 19.0 Å². The quantitative estimate of drug-likeness (QED) is 0.809. The van der Waals surface area contributed by atoms with Crippen LogP contribution in [0.3, 0.4) is 0 Å². The summed E-state index contributed by atoms with van der Waals surface area (Å²) < 4.78 is 4.74. The molecule has 1 aliphatic rings. The van der Waals surface area contributed by atoms with Gasteiger partial charge < -0.3 is 9.84 Å². The molecular formula is C11H20N4O. The van der Waals surface area contributed by atoms with Crippen LogP contribution < -0.4 is 5.32 Å². The van der Waals surface area contributed by atoms with Gasteiger partial charge in [0.1, 0.15) is 0 Å². The molecule has 1 aromatic heterocycles. The van der Waals surface area contributed by atoms with Crippen molar-refractivity contribution in [2.45, 2.75) is 26.3 Å². The molecule has 16 heavy (non-hydrogen) atoms. The maximum atomic E-state index is 4.74. The van der Waals surface area contributed by atoms with Crippen LogP contribution in [0.15, 0.2) is 10.9 Å². The molecule has 1 unspecified atom stereocenters. The number of hydrogen-bond donors (Lipinski definition) is 1. The van der Waals surface area contributed by atoms with Crippen LogP contribution in [0.2, 0.25) is 0 Å². The molecule has 1 aromatic rings. The topological polar surface area (TPSA) is 54.2 Å². The lowest BCUT2D eigenvalue weighted by Gasteiger charge is -2.38. The summed E-state index contributed by atoms with van der Waals surface area (Å²) in [6, 6.07) is 0.626. The fourth-order valence-corrected chi connectivity index (χ4v) is 2.25. The van der Waals surface area contributed by atoms with Crippen molar-refractivity contribution in [1.29, 1.82) is 0 Å². The maximum absolute atomic E-state index is 4.74. The summed E-state index contributed by atoms with van der Waals surface area (Å²) in [7, 11) is 0. The molecular weight excluding hydrogens is 204 g/mol. The highest BCUT2D eigenvalue weighted by Crippen LogP contribution is 2.13. The largest absolute Gasteiger partial charge is 0.343 e. The average molecular weight is 224 g/mol. The van der Waals surface area contributed by atoms with Crippen LogP contribution in [0.4, 0.5) is 0 Å². The third kappa shape index (κ3) is 2.80. The highest BCUT2D eigenvalue weighted by atomic mass is 16.5. The molecule has 90 valence electrons. The Morgan fingerprint density at radius 1 is 1.62 bits per heavy atom. The van der Waals surface area contributed by atoms with Gasteiger partial charge in [-0.3, -0.25) is 4.90 Å². The third-order valence-corrected chi connectivity index (χ3v) is 3.20. The van der Waals surface area contributed by atoms with Crippen molar-refractivity contribution in [3.8, 4) is 0 Å². The number of piperazine rings is 1. The standard InChI is InChI=1S/C11H20N4O/c1-9(2)10-7-12-4-6-15(10)5-3-11-13-8-16-14-11/h8-10,12H,3-7H2,1-2H3. The summed E-state index contributed by atoms with van der Waals surface area (Å²) in [5.74, 6) is 1.49.